The predicted octanol–water partition coefficient (Wildman–Crippen LogP) is 4.68. The Morgan fingerprint density at radius 1 is 1.12 bits per heavy atom. The molecule has 94 valence electrons. The molecule has 0 aromatic heterocycles. The van der Waals surface area contributed by atoms with Crippen LogP contribution in [0, 0.1) is 5.41 Å². The first-order valence-corrected chi connectivity index (χ1v) is 7.94. The molecule has 0 aromatic rings. The van der Waals surface area contributed by atoms with Gasteiger partial charge in [-0.05, 0) is 32.1 Å². The van der Waals surface area contributed by atoms with Crippen molar-refractivity contribution in [3.05, 3.63) is 0 Å². The molecule has 2 aliphatic carbocycles. The Hall–Kier alpha value is 0.440. The van der Waals surface area contributed by atoms with Crippen molar-refractivity contribution in [1.29, 1.82) is 0 Å². The number of rotatable bonds is 4. The highest BCUT2D eigenvalue weighted by molar-refractivity contribution is 9.09. The van der Waals surface area contributed by atoms with Crippen molar-refractivity contribution in [1.82, 2.24) is 0 Å². The van der Waals surface area contributed by atoms with E-state index < -0.39 is 0 Å². The Balaban J connectivity index is 1.89. The minimum absolute atomic E-state index is 0.428. The zero-order valence-corrected chi connectivity index (χ0v) is 12.3. The number of hydrogen-bond donors (Lipinski definition) is 0. The monoisotopic (exact) mass is 288 g/mol. The van der Waals surface area contributed by atoms with Crippen molar-refractivity contribution in [3.63, 3.8) is 0 Å². The second kappa shape index (κ2) is 5.39. The molecule has 0 radical (unpaired) electrons. The summed E-state index contributed by atoms with van der Waals surface area (Å²) in [7, 11) is 0. The first kappa shape index (κ1) is 12.9. The van der Waals surface area contributed by atoms with E-state index in [-0.39, 0.29) is 0 Å². The maximum atomic E-state index is 6.37. The minimum Gasteiger partial charge on any atom is -0.374 e. The van der Waals surface area contributed by atoms with Crippen LogP contribution in [0.5, 0.6) is 0 Å². The van der Waals surface area contributed by atoms with Crippen LogP contribution in [0.15, 0.2) is 0 Å². The molecule has 1 nitrogen and oxygen atoms in total. The van der Waals surface area contributed by atoms with E-state index >= 15 is 0 Å². The molecule has 0 N–H and O–H groups in total. The van der Waals surface area contributed by atoms with Crippen molar-refractivity contribution in [3.8, 4) is 0 Å². The zero-order chi connectivity index (χ0) is 11.6. The van der Waals surface area contributed by atoms with Gasteiger partial charge >= 0.3 is 0 Å². The Morgan fingerprint density at radius 2 is 1.75 bits per heavy atom. The summed E-state index contributed by atoms with van der Waals surface area (Å²) in [6.07, 6.45) is 11.6. The molecule has 2 saturated carbocycles. The summed E-state index contributed by atoms with van der Waals surface area (Å²) in [5.41, 5.74) is 0.428. The summed E-state index contributed by atoms with van der Waals surface area (Å²) < 4.78 is 6.37. The van der Waals surface area contributed by atoms with Gasteiger partial charge < -0.3 is 4.74 Å². The van der Waals surface area contributed by atoms with Crippen LogP contribution in [0.2, 0.25) is 0 Å². The zero-order valence-electron chi connectivity index (χ0n) is 10.7. The fraction of sp³-hybridized carbons (Fsp3) is 1.00. The second-order valence-corrected chi connectivity index (χ2v) is 6.63. The van der Waals surface area contributed by atoms with E-state index in [4.69, 9.17) is 4.74 Å². The SMILES string of the molecule is CCC1(CC)C(Br)CC1OC1CCCCC1. The number of alkyl halides is 1. The van der Waals surface area contributed by atoms with Gasteiger partial charge in [0.1, 0.15) is 0 Å². The maximum absolute atomic E-state index is 6.37. The molecule has 16 heavy (non-hydrogen) atoms. The van der Waals surface area contributed by atoms with Gasteiger partial charge in [0.25, 0.3) is 0 Å². The van der Waals surface area contributed by atoms with E-state index in [1.165, 1.54) is 51.4 Å². The van der Waals surface area contributed by atoms with Gasteiger partial charge in [-0.2, -0.15) is 0 Å². The summed E-state index contributed by atoms with van der Waals surface area (Å²) in [4.78, 5) is 0.684. The van der Waals surface area contributed by atoms with Gasteiger partial charge in [0.2, 0.25) is 0 Å². The lowest BCUT2D eigenvalue weighted by Gasteiger charge is -2.54. The number of halogens is 1. The molecule has 0 saturated heterocycles. The molecule has 2 aliphatic rings. The highest BCUT2D eigenvalue weighted by Gasteiger charge is 2.52. The summed E-state index contributed by atoms with van der Waals surface area (Å²) in [5.74, 6) is 0. The quantitative estimate of drug-likeness (QED) is 0.683. The van der Waals surface area contributed by atoms with Gasteiger partial charge in [-0.1, -0.05) is 49.0 Å². The molecule has 2 atom stereocenters. The Bertz CT molecular complexity index is 219. The lowest BCUT2D eigenvalue weighted by Crippen LogP contribution is -2.56. The minimum atomic E-state index is 0.428. The third-order valence-electron chi connectivity index (χ3n) is 4.91. The van der Waals surface area contributed by atoms with Crippen molar-refractivity contribution in [2.45, 2.75) is 82.2 Å². The van der Waals surface area contributed by atoms with E-state index in [9.17, 15) is 0 Å². The Kier molecular flexibility index (Phi) is 4.34. The third-order valence-corrected chi connectivity index (χ3v) is 6.20. The van der Waals surface area contributed by atoms with Crippen molar-refractivity contribution < 1.29 is 4.74 Å². The fourth-order valence-electron chi connectivity index (χ4n) is 3.47. The first-order chi connectivity index (χ1) is 7.73. The smallest absolute Gasteiger partial charge is 0.0656 e. The standard InChI is InChI=1S/C14H25BrO/c1-3-14(4-2)12(15)10-13(14)16-11-8-6-5-7-9-11/h11-13H,3-10H2,1-2H3. The average Bonchev–Trinajstić information content (AvgIpc) is 2.32. The van der Waals surface area contributed by atoms with E-state index in [2.05, 4.69) is 29.8 Å². The molecule has 0 amide bonds. The van der Waals surface area contributed by atoms with Crippen LogP contribution in [-0.2, 0) is 4.74 Å². The van der Waals surface area contributed by atoms with Gasteiger partial charge in [-0.25, -0.2) is 0 Å². The molecule has 2 heteroatoms. The third kappa shape index (κ3) is 2.20. The van der Waals surface area contributed by atoms with Crippen LogP contribution in [0.25, 0.3) is 0 Å². The van der Waals surface area contributed by atoms with E-state index in [1.807, 2.05) is 0 Å². The summed E-state index contributed by atoms with van der Waals surface area (Å²) in [6, 6.07) is 0. The molecule has 0 aliphatic heterocycles. The largest absolute Gasteiger partial charge is 0.374 e. The number of ether oxygens (including phenoxy) is 1. The molecule has 0 bridgehead atoms. The van der Waals surface area contributed by atoms with Gasteiger partial charge in [-0.15, -0.1) is 0 Å². The molecular weight excluding hydrogens is 264 g/mol. The van der Waals surface area contributed by atoms with Crippen molar-refractivity contribution in [2.75, 3.05) is 0 Å². The predicted molar refractivity (Wildman–Crippen MR) is 72.1 cm³/mol. The summed E-state index contributed by atoms with van der Waals surface area (Å²) in [6.45, 7) is 4.63. The second-order valence-electron chi connectivity index (χ2n) is 5.53. The Morgan fingerprint density at radius 3 is 2.25 bits per heavy atom. The fourth-order valence-corrected chi connectivity index (χ4v) is 4.75. The lowest BCUT2D eigenvalue weighted by molar-refractivity contribution is -0.146. The van der Waals surface area contributed by atoms with Crippen LogP contribution in [0.4, 0.5) is 0 Å². The van der Waals surface area contributed by atoms with Crippen LogP contribution < -0.4 is 0 Å². The van der Waals surface area contributed by atoms with Crippen LogP contribution in [0.1, 0.15) is 65.2 Å². The highest BCUT2D eigenvalue weighted by atomic mass is 79.9. The molecule has 2 fully saturated rings. The van der Waals surface area contributed by atoms with E-state index in [0.29, 0.717) is 22.5 Å². The van der Waals surface area contributed by atoms with Crippen LogP contribution >= 0.6 is 15.9 Å². The molecule has 0 heterocycles. The van der Waals surface area contributed by atoms with Gasteiger partial charge in [0, 0.05) is 10.2 Å². The number of hydrogen-bond acceptors (Lipinski definition) is 1. The van der Waals surface area contributed by atoms with Crippen LogP contribution in [0.3, 0.4) is 0 Å². The average molecular weight is 289 g/mol. The summed E-state index contributed by atoms with van der Waals surface area (Å²) in [5, 5.41) is 0. The first-order valence-electron chi connectivity index (χ1n) is 7.02. The molecule has 0 aromatic carbocycles. The van der Waals surface area contributed by atoms with Gasteiger partial charge in [0.15, 0.2) is 0 Å². The normalized spacial score (nSPS) is 34.7. The van der Waals surface area contributed by atoms with Gasteiger partial charge in [0.05, 0.1) is 12.2 Å². The topological polar surface area (TPSA) is 9.23 Å². The maximum Gasteiger partial charge on any atom is 0.0656 e. The van der Waals surface area contributed by atoms with E-state index in [1.54, 1.807) is 0 Å². The molecule has 0 spiro atoms. The molecular formula is C14H25BrO. The molecule has 2 unspecified atom stereocenters. The lowest BCUT2D eigenvalue weighted by atomic mass is 9.62. The Labute approximate surface area is 108 Å². The molecule has 2 rings (SSSR count). The summed E-state index contributed by atoms with van der Waals surface area (Å²) >= 11 is 3.83. The van der Waals surface area contributed by atoms with Crippen molar-refractivity contribution >= 4 is 15.9 Å². The van der Waals surface area contributed by atoms with Gasteiger partial charge in [-0.3, -0.25) is 0 Å². The van der Waals surface area contributed by atoms with E-state index in [0.717, 1.165) is 0 Å². The van der Waals surface area contributed by atoms with Crippen LogP contribution in [-0.4, -0.2) is 17.0 Å². The highest BCUT2D eigenvalue weighted by Crippen LogP contribution is 2.53. The van der Waals surface area contributed by atoms with Crippen molar-refractivity contribution in [2.24, 2.45) is 5.41 Å².